The molecule has 2 heterocycles. The Labute approximate surface area is 115 Å². The number of hydrogen-bond acceptors (Lipinski definition) is 6. The molecule has 9 heteroatoms. The Balaban J connectivity index is 2.44. The lowest BCUT2D eigenvalue weighted by Crippen LogP contribution is -2.39. The van der Waals surface area contributed by atoms with Gasteiger partial charge in [-0.25, -0.2) is 4.79 Å². The van der Waals surface area contributed by atoms with E-state index in [4.69, 9.17) is 14.6 Å². The fourth-order valence-corrected chi connectivity index (χ4v) is 2.32. The minimum Gasteiger partial charge on any atom is -0.394 e. The van der Waals surface area contributed by atoms with E-state index >= 15 is 0 Å². The number of aliphatic hydroxyl groups is 2. The normalized spacial score (nSPS) is 30.7. The van der Waals surface area contributed by atoms with Crippen molar-refractivity contribution in [3.8, 4) is 0 Å². The highest BCUT2D eigenvalue weighted by atomic mass is 79.9. The molecule has 1 aromatic heterocycles. The monoisotopic (exact) mass is 336 g/mol. The molecule has 0 aliphatic carbocycles. The van der Waals surface area contributed by atoms with Crippen LogP contribution < -0.4 is 11.2 Å². The minimum absolute atomic E-state index is 0.146. The Bertz CT molecular complexity index is 570. The molecule has 0 radical (unpaired) electrons. The third-order valence-corrected chi connectivity index (χ3v) is 3.53. The first-order valence-corrected chi connectivity index (χ1v) is 6.27. The molecule has 8 nitrogen and oxygen atoms in total. The first-order valence-electron chi connectivity index (χ1n) is 5.47. The van der Waals surface area contributed by atoms with Gasteiger partial charge in [0.15, 0.2) is 6.23 Å². The van der Waals surface area contributed by atoms with Gasteiger partial charge in [-0.3, -0.25) is 14.3 Å². The van der Waals surface area contributed by atoms with Crippen molar-refractivity contribution in [1.82, 2.24) is 9.55 Å². The second-order valence-electron chi connectivity index (χ2n) is 4.08. The van der Waals surface area contributed by atoms with E-state index in [1.54, 1.807) is 0 Å². The van der Waals surface area contributed by atoms with Gasteiger partial charge in [0.2, 0.25) is 0 Å². The predicted molar refractivity (Wildman–Crippen MR) is 66.8 cm³/mol. The molecule has 3 N–H and O–H groups in total. The highest BCUT2D eigenvalue weighted by Crippen LogP contribution is 2.30. The number of rotatable bonds is 3. The number of methoxy groups -OCH3 is 1. The Kier molecular flexibility index (Phi) is 4.21. The van der Waals surface area contributed by atoms with Crippen molar-refractivity contribution >= 4 is 15.9 Å². The molecule has 106 valence electrons. The van der Waals surface area contributed by atoms with E-state index in [0.29, 0.717) is 0 Å². The van der Waals surface area contributed by atoms with Crippen LogP contribution in [0.15, 0.2) is 20.3 Å². The fourth-order valence-electron chi connectivity index (χ4n) is 2.00. The summed E-state index contributed by atoms with van der Waals surface area (Å²) in [6.45, 7) is -0.406. The molecule has 4 unspecified atom stereocenters. The first kappa shape index (κ1) is 14.4. The highest BCUT2D eigenvalue weighted by Gasteiger charge is 2.45. The van der Waals surface area contributed by atoms with E-state index in [1.165, 1.54) is 13.3 Å². The average molecular weight is 337 g/mol. The van der Waals surface area contributed by atoms with E-state index in [2.05, 4.69) is 20.9 Å². The molecule has 1 fully saturated rings. The van der Waals surface area contributed by atoms with Crippen molar-refractivity contribution in [3.63, 3.8) is 0 Å². The molecule has 0 spiro atoms. The third-order valence-electron chi connectivity index (χ3n) is 2.96. The van der Waals surface area contributed by atoms with Gasteiger partial charge < -0.3 is 19.7 Å². The van der Waals surface area contributed by atoms with Crippen LogP contribution in [0.4, 0.5) is 0 Å². The average Bonchev–Trinajstić information content (AvgIpc) is 2.70. The second kappa shape index (κ2) is 5.55. The number of nitrogens with one attached hydrogen (secondary N) is 1. The molecule has 2 rings (SSSR count). The van der Waals surface area contributed by atoms with Crippen molar-refractivity contribution in [1.29, 1.82) is 0 Å². The van der Waals surface area contributed by atoms with Crippen LogP contribution in [-0.2, 0) is 9.47 Å². The Morgan fingerprint density at radius 3 is 2.84 bits per heavy atom. The number of aliphatic hydroxyl groups excluding tert-OH is 2. The SMILES string of the molecule is COC1C(O)C(CO)OC1n1cc(Br)c(=O)[nH]c1=O. The largest absolute Gasteiger partial charge is 0.394 e. The van der Waals surface area contributed by atoms with Crippen LogP contribution in [0.25, 0.3) is 0 Å². The van der Waals surface area contributed by atoms with Gasteiger partial charge in [-0.15, -0.1) is 0 Å². The molecular formula is C10H13BrN2O6. The standard InChI is InChI=1S/C10H13BrN2O6/c1-18-7-6(15)5(3-14)19-9(7)13-2-4(11)8(16)12-10(13)17/h2,5-7,9,14-15H,3H2,1H3,(H,12,16,17). The molecule has 1 saturated heterocycles. The fraction of sp³-hybridized carbons (Fsp3) is 0.600. The van der Waals surface area contributed by atoms with Crippen LogP contribution >= 0.6 is 15.9 Å². The lowest BCUT2D eigenvalue weighted by molar-refractivity contribution is -0.0626. The summed E-state index contributed by atoms with van der Waals surface area (Å²) in [5.74, 6) is 0. The number of H-pyrrole nitrogens is 1. The van der Waals surface area contributed by atoms with Crippen molar-refractivity contribution in [2.75, 3.05) is 13.7 Å². The van der Waals surface area contributed by atoms with E-state index in [0.717, 1.165) is 4.57 Å². The minimum atomic E-state index is -1.07. The zero-order chi connectivity index (χ0) is 14.2. The van der Waals surface area contributed by atoms with Gasteiger partial charge in [0.1, 0.15) is 18.3 Å². The molecule has 0 amide bonds. The van der Waals surface area contributed by atoms with Crippen LogP contribution in [0.5, 0.6) is 0 Å². The van der Waals surface area contributed by atoms with Crippen LogP contribution in [0.3, 0.4) is 0 Å². The number of aromatic amines is 1. The van der Waals surface area contributed by atoms with Crippen LogP contribution in [-0.4, -0.2) is 51.8 Å². The van der Waals surface area contributed by atoms with Gasteiger partial charge in [-0.2, -0.15) is 0 Å². The smallest absolute Gasteiger partial charge is 0.330 e. The van der Waals surface area contributed by atoms with Gasteiger partial charge in [-0.1, -0.05) is 0 Å². The molecule has 0 saturated carbocycles. The van der Waals surface area contributed by atoms with Crippen molar-refractivity contribution in [2.45, 2.75) is 24.5 Å². The van der Waals surface area contributed by atoms with Gasteiger partial charge >= 0.3 is 5.69 Å². The van der Waals surface area contributed by atoms with Gasteiger partial charge in [0.05, 0.1) is 11.1 Å². The molecule has 1 aliphatic heterocycles. The summed E-state index contributed by atoms with van der Waals surface area (Å²) in [6.07, 6.45) is -2.43. The Hall–Kier alpha value is -1.00. The summed E-state index contributed by atoms with van der Waals surface area (Å²) < 4.78 is 11.7. The zero-order valence-electron chi connectivity index (χ0n) is 9.95. The predicted octanol–water partition coefficient (Wildman–Crippen LogP) is -1.44. The summed E-state index contributed by atoms with van der Waals surface area (Å²) in [5, 5.41) is 19.0. The third kappa shape index (κ3) is 2.51. The second-order valence-corrected chi connectivity index (χ2v) is 4.94. The number of halogens is 1. The molecule has 0 aromatic carbocycles. The Morgan fingerprint density at radius 2 is 2.26 bits per heavy atom. The number of nitrogens with zero attached hydrogens (tertiary/aromatic N) is 1. The van der Waals surface area contributed by atoms with E-state index in [9.17, 15) is 14.7 Å². The van der Waals surface area contributed by atoms with Crippen molar-refractivity contribution < 1.29 is 19.7 Å². The summed E-state index contributed by atoms with van der Waals surface area (Å²) in [4.78, 5) is 25.1. The maximum atomic E-state index is 11.7. The highest BCUT2D eigenvalue weighted by molar-refractivity contribution is 9.10. The maximum Gasteiger partial charge on any atom is 0.330 e. The van der Waals surface area contributed by atoms with Crippen LogP contribution in [0.1, 0.15) is 6.23 Å². The van der Waals surface area contributed by atoms with E-state index in [1.807, 2.05) is 0 Å². The summed E-state index contributed by atoms with van der Waals surface area (Å²) in [5.41, 5.74) is -1.25. The topological polar surface area (TPSA) is 114 Å². The molecule has 0 bridgehead atoms. The van der Waals surface area contributed by atoms with Crippen molar-refractivity contribution in [3.05, 3.63) is 31.5 Å². The first-order chi connectivity index (χ1) is 8.99. The zero-order valence-corrected chi connectivity index (χ0v) is 11.5. The van der Waals surface area contributed by atoms with Gasteiger partial charge in [-0.05, 0) is 15.9 Å². The van der Waals surface area contributed by atoms with Crippen LogP contribution in [0, 0.1) is 0 Å². The van der Waals surface area contributed by atoms with Crippen molar-refractivity contribution in [2.24, 2.45) is 0 Å². The summed E-state index contributed by atoms with van der Waals surface area (Å²) in [6, 6.07) is 0. The quantitative estimate of drug-likeness (QED) is 0.623. The molecule has 1 aromatic rings. The van der Waals surface area contributed by atoms with E-state index in [-0.39, 0.29) is 4.47 Å². The van der Waals surface area contributed by atoms with Gasteiger partial charge in [0, 0.05) is 13.3 Å². The molecule has 1 aliphatic rings. The van der Waals surface area contributed by atoms with Gasteiger partial charge in [0.25, 0.3) is 5.56 Å². The number of aromatic nitrogens is 2. The van der Waals surface area contributed by atoms with Crippen LogP contribution in [0.2, 0.25) is 0 Å². The maximum absolute atomic E-state index is 11.7. The lowest BCUT2D eigenvalue weighted by Gasteiger charge is -2.20. The lowest BCUT2D eigenvalue weighted by atomic mass is 10.1. The molecule has 4 atom stereocenters. The molecular weight excluding hydrogens is 324 g/mol. The summed E-state index contributed by atoms with van der Waals surface area (Å²) >= 11 is 3.00. The number of hydrogen-bond donors (Lipinski definition) is 3. The molecule has 19 heavy (non-hydrogen) atoms. The summed E-state index contributed by atoms with van der Waals surface area (Å²) in [7, 11) is 1.36. The van der Waals surface area contributed by atoms with E-state index < -0.39 is 42.4 Å². The Morgan fingerprint density at radius 1 is 1.58 bits per heavy atom. The number of ether oxygens (including phenoxy) is 2.